The summed E-state index contributed by atoms with van der Waals surface area (Å²) in [5.74, 6) is 0.617. The molecule has 3 nitrogen and oxygen atoms in total. The highest BCUT2D eigenvalue weighted by atomic mass is 16.5. The number of para-hydroxylation sites is 1. The third-order valence-corrected chi connectivity index (χ3v) is 1.84. The number of benzene rings is 1. The summed E-state index contributed by atoms with van der Waals surface area (Å²) >= 11 is 0. The standard InChI is InChI=1S/C9H8O2.CH5N/c1-6-3-2-4-7-5-8(10)11-9(6)7;1-2/h2-4H,5H2,1H3;2H2,1H3. The van der Waals surface area contributed by atoms with Crippen LogP contribution in [-0.2, 0) is 11.2 Å². The van der Waals surface area contributed by atoms with Crippen LogP contribution in [0.2, 0.25) is 0 Å². The Morgan fingerprint density at radius 2 is 2.08 bits per heavy atom. The van der Waals surface area contributed by atoms with E-state index < -0.39 is 0 Å². The maximum Gasteiger partial charge on any atom is 0.315 e. The number of rotatable bonds is 0. The first-order valence-electron chi connectivity index (χ1n) is 4.14. The lowest BCUT2D eigenvalue weighted by molar-refractivity contribution is -0.131. The second-order valence-corrected chi connectivity index (χ2v) is 2.71. The van der Waals surface area contributed by atoms with Gasteiger partial charge in [-0.05, 0) is 19.5 Å². The van der Waals surface area contributed by atoms with Crippen LogP contribution >= 0.6 is 0 Å². The van der Waals surface area contributed by atoms with Crippen molar-refractivity contribution in [2.75, 3.05) is 7.05 Å². The molecule has 0 amide bonds. The first kappa shape index (κ1) is 9.74. The number of carbonyl (C=O) groups excluding carboxylic acids is 1. The van der Waals surface area contributed by atoms with Crippen molar-refractivity contribution in [1.82, 2.24) is 0 Å². The molecular weight excluding hydrogens is 166 g/mol. The highest BCUT2D eigenvalue weighted by Crippen LogP contribution is 2.28. The van der Waals surface area contributed by atoms with Crippen molar-refractivity contribution in [3.63, 3.8) is 0 Å². The third-order valence-electron chi connectivity index (χ3n) is 1.84. The van der Waals surface area contributed by atoms with Crippen LogP contribution in [0.15, 0.2) is 18.2 Å². The summed E-state index contributed by atoms with van der Waals surface area (Å²) in [6, 6.07) is 5.81. The van der Waals surface area contributed by atoms with E-state index in [2.05, 4.69) is 5.73 Å². The topological polar surface area (TPSA) is 52.3 Å². The van der Waals surface area contributed by atoms with Gasteiger partial charge in [0.1, 0.15) is 5.75 Å². The molecule has 3 heteroatoms. The summed E-state index contributed by atoms with van der Waals surface area (Å²) in [6.07, 6.45) is 0.428. The molecule has 1 aliphatic heterocycles. The summed E-state index contributed by atoms with van der Waals surface area (Å²) in [6.45, 7) is 1.94. The van der Waals surface area contributed by atoms with Crippen LogP contribution in [0.25, 0.3) is 0 Å². The molecule has 0 spiro atoms. The predicted octanol–water partition coefficient (Wildman–Crippen LogP) is 1.03. The molecule has 0 fully saturated rings. The van der Waals surface area contributed by atoms with Crippen LogP contribution < -0.4 is 10.5 Å². The summed E-state index contributed by atoms with van der Waals surface area (Å²) in [4.78, 5) is 10.8. The fourth-order valence-electron chi connectivity index (χ4n) is 1.30. The number of aryl methyl sites for hydroxylation is 1. The fourth-order valence-corrected chi connectivity index (χ4v) is 1.30. The lowest BCUT2D eigenvalue weighted by Gasteiger charge is -1.99. The van der Waals surface area contributed by atoms with Gasteiger partial charge >= 0.3 is 5.97 Å². The van der Waals surface area contributed by atoms with Gasteiger partial charge in [-0.3, -0.25) is 4.79 Å². The zero-order chi connectivity index (χ0) is 9.84. The van der Waals surface area contributed by atoms with Crippen molar-refractivity contribution in [2.45, 2.75) is 13.3 Å². The molecule has 1 aromatic rings. The quantitative estimate of drug-likeness (QED) is 0.478. The summed E-state index contributed by atoms with van der Waals surface area (Å²) < 4.78 is 5.00. The van der Waals surface area contributed by atoms with E-state index in [0.29, 0.717) is 6.42 Å². The molecule has 1 aromatic carbocycles. The lowest BCUT2D eigenvalue weighted by atomic mass is 10.1. The van der Waals surface area contributed by atoms with E-state index in [1.54, 1.807) is 0 Å². The van der Waals surface area contributed by atoms with Crippen LogP contribution in [0.3, 0.4) is 0 Å². The first-order chi connectivity index (χ1) is 6.27. The molecule has 1 aliphatic rings. The number of nitrogens with two attached hydrogens (primary N) is 1. The van der Waals surface area contributed by atoms with Gasteiger partial charge in [0.25, 0.3) is 0 Å². The van der Waals surface area contributed by atoms with Crippen molar-refractivity contribution in [2.24, 2.45) is 5.73 Å². The van der Waals surface area contributed by atoms with Gasteiger partial charge in [-0.25, -0.2) is 0 Å². The van der Waals surface area contributed by atoms with Gasteiger partial charge in [0.15, 0.2) is 0 Å². The second kappa shape index (κ2) is 4.05. The zero-order valence-electron chi connectivity index (χ0n) is 7.83. The fraction of sp³-hybridized carbons (Fsp3) is 0.300. The highest BCUT2D eigenvalue weighted by Gasteiger charge is 2.20. The molecule has 0 unspecified atom stereocenters. The molecule has 0 saturated heterocycles. The molecule has 1 heterocycles. The molecule has 0 aliphatic carbocycles. The summed E-state index contributed by atoms with van der Waals surface area (Å²) in [7, 11) is 1.50. The van der Waals surface area contributed by atoms with Crippen molar-refractivity contribution in [3.05, 3.63) is 29.3 Å². The normalized spacial score (nSPS) is 12.7. The molecule has 0 saturated carbocycles. The minimum absolute atomic E-state index is 0.144. The van der Waals surface area contributed by atoms with Crippen molar-refractivity contribution >= 4 is 5.97 Å². The van der Waals surface area contributed by atoms with E-state index in [1.165, 1.54) is 7.05 Å². The van der Waals surface area contributed by atoms with Gasteiger partial charge in [-0.15, -0.1) is 0 Å². The maximum atomic E-state index is 10.8. The molecule has 0 radical (unpaired) electrons. The van der Waals surface area contributed by atoms with Gasteiger partial charge in [-0.2, -0.15) is 0 Å². The second-order valence-electron chi connectivity index (χ2n) is 2.71. The minimum Gasteiger partial charge on any atom is -0.426 e. The number of ether oxygens (including phenoxy) is 1. The molecule has 70 valence electrons. The van der Waals surface area contributed by atoms with E-state index in [1.807, 2.05) is 25.1 Å². The van der Waals surface area contributed by atoms with E-state index >= 15 is 0 Å². The SMILES string of the molecule is CN.Cc1cccc2c1OC(=O)C2. The van der Waals surface area contributed by atoms with Gasteiger partial charge in [0.2, 0.25) is 0 Å². The molecule has 2 N–H and O–H groups in total. The number of fused-ring (bicyclic) bond motifs is 1. The van der Waals surface area contributed by atoms with E-state index in [-0.39, 0.29) is 5.97 Å². The Morgan fingerprint density at radius 3 is 2.69 bits per heavy atom. The van der Waals surface area contributed by atoms with Gasteiger partial charge in [0.05, 0.1) is 6.42 Å². The van der Waals surface area contributed by atoms with Gasteiger partial charge < -0.3 is 10.5 Å². The Kier molecular flexibility index (Phi) is 3.03. The van der Waals surface area contributed by atoms with Crippen LogP contribution in [-0.4, -0.2) is 13.0 Å². The lowest BCUT2D eigenvalue weighted by Crippen LogP contribution is -2.00. The monoisotopic (exact) mass is 179 g/mol. The molecule has 2 rings (SSSR count). The zero-order valence-corrected chi connectivity index (χ0v) is 7.83. The Balaban J connectivity index is 0.000000396. The molecule has 13 heavy (non-hydrogen) atoms. The van der Waals surface area contributed by atoms with Gasteiger partial charge in [0, 0.05) is 5.56 Å². The summed E-state index contributed by atoms with van der Waals surface area (Å²) in [5, 5.41) is 0. The van der Waals surface area contributed by atoms with Crippen LogP contribution in [0.4, 0.5) is 0 Å². The number of carbonyl (C=O) groups is 1. The largest absolute Gasteiger partial charge is 0.426 e. The highest BCUT2D eigenvalue weighted by molar-refractivity contribution is 5.81. The minimum atomic E-state index is -0.144. The van der Waals surface area contributed by atoms with Crippen LogP contribution in [0.1, 0.15) is 11.1 Å². The Labute approximate surface area is 77.5 Å². The number of hydrogen-bond donors (Lipinski definition) is 1. The average molecular weight is 179 g/mol. The average Bonchev–Trinajstić information content (AvgIpc) is 2.51. The van der Waals surface area contributed by atoms with Crippen molar-refractivity contribution in [3.8, 4) is 5.75 Å². The Hall–Kier alpha value is -1.35. The maximum absolute atomic E-state index is 10.8. The van der Waals surface area contributed by atoms with E-state index in [0.717, 1.165) is 16.9 Å². The van der Waals surface area contributed by atoms with Crippen molar-refractivity contribution in [1.29, 1.82) is 0 Å². The van der Waals surface area contributed by atoms with E-state index in [4.69, 9.17) is 4.74 Å². The predicted molar refractivity (Wildman–Crippen MR) is 50.6 cm³/mol. The van der Waals surface area contributed by atoms with Crippen LogP contribution in [0.5, 0.6) is 5.75 Å². The van der Waals surface area contributed by atoms with Crippen molar-refractivity contribution < 1.29 is 9.53 Å². The molecule has 0 aromatic heterocycles. The van der Waals surface area contributed by atoms with Crippen LogP contribution in [0, 0.1) is 6.92 Å². The smallest absolute Gasteiger partial charge is 0.315 e. The number of esters is 1. The molecule has 0 atom stereocenters. The summed E-state index contributed by atoms with van der Waals surface area (Å²) in [5.41, 5.74) is 6.54. The Bertz CT molecular complexity index is 321. The third kappa shape index (κ3) is 1.87. The number of hydrogen-bond acceptors (Lipinski definition) is 3. The first-order valence-corrected chi connectivity index (χ1v) is 4.14. The molecular formula is C10H13NO2. The van der Waals surface area contributed by atoms with Gasteiger partial charge in [-0.1, -0.05) is 18.2 Å². The van der Waals surface area contributed by atoms with E-state index in [9.17, 15) is 4.79 Å². The molecule has 0 bridgehead atoms. The Morgan fingerprint density at radius 1 is 1.38 bits per heavy atom.